The second kappa shape index (κ2) is 10.9. The quantitative estimate of drug-likeness (QED) is 0.311. The molecule has 7 heteroatoms. The molecule has 1 N–H and O–H groups in total. The Balaban J connectivity index is 1.42. The van der Waals surface area contributed by atoms with E-state index in [2.05, 4.69) is 22.8 Å². The number of amides is 1. The highest BCUT2D eigenvalue weighted by Gasteiger charge is 2.24. The van der Waals surface area contributed by atoms with E-state index in [0.29, 0.717) is 25.4 Å². The molecule has 0 spiro atoms. The van der Waals surface area contributed by atoms with Gasteiger partial charge in [0, 0.05) is 29.3 Å². The van der Waals surface area contributed by atoms with Crippen LogP contribution in [0.15, 0.2) is 72.9 Å². The van der Waals surface area contributed by atoms with Crippen LogP contribution in [0.25, 0.3) is 10.9 Å². The van der Waals surface area contributed by atoms with E-state index in [1.807, 2.05) is 61.7 Å². The second-order valence-electron chi connectivity index (χ2n) is 9.33. The minimum absolute atomic E-state index is 0.169. The van der Waals surface area contributed by atoms with E-state index >= 15 is 0 Å². The highest BCUT2D eigenvalue weighted by molar-refractivity contribution is 5.86. The van der Waals surface area contributed by atoms with E-state index in [4.69, 9.17) is 9.72 Å². The van der Waals surface area contributed by atoms with Crippen LogP contribution in [-0.4, -0.2) is 39.9 Å². The molecule has 1 amide bonds. The standard InChI is InChI=1S/C30H31N3O4/c1-2-37-28(34)20-27(22-8-4-3-5-9-22)32-19-17-25-21(10-6-12-26(25)32)13-15-24-16-14-23-11-7-18-33(30(35)36)29(23)31-24/h3-6,8-10,12,14,16-17,19,27H,2,7,11,13,15,18,20H2,1H3,(H,35,36). The number of rotatable bonds is 8. The van der Waals surface area contributed by atoms with Crippen molar-refractivity contribution >= 4 is 28.8 Å². The number of fused-ring (bicyclic) bond motifs is 2. The summed E-state index contributed by atoms with van der Waals surface area (Å²) in [5.74, 6) is 0.355. The number of carbonyl (C=O) groups excluding carboxylic acids is 1. The number of carbonyl (C=O) groups is 2. The van der Waals surface area contributed by atoms with Crippen molar-refractivity contribution in [2.75, 3.05) is 18.1 Å². The monoisotopic (exact) mass is 497 g/mol. The van der Waals surface area contributed by atoms with Crippen LogP contribution in [0.2, 0.25) is 0 Å². The molecular weight excluding hydrogens is 466 g/mol. The van der Waals surface area contributed by atoms with Gasteiger partial charge < -0.3 is 14.4 Å². The van der Waals surface area contributed by atoms with Crippen LogP contribution < -0.4 is 4.90 Å². The van der Waals surface area contributed by atoms with Crippen molar-refractivity contribution in [1.29, 1.82) is 0 Å². The van der Waals surface area contributed by atoms with Gasteiger partial charge in [-0.25, -0.2) is 9.78 Å². The molecule has 1 atom stereocenters. The SMILES string of the molecule is CCOC(=O)CC(c1ccccc1)n1ccc2c(CCc3ccc4c(n3)N(C(=O)O)CCC4)cccc21. The summed E-state index contributed by atoms with van der Waals surface area (Å²) in [5.41, 5.74) is 5.18. The van der Waals surface area contributed by atoms with Gasteiger partial charge in [-0.2, -0.15) is 0 Å². The summed E-state index contributed by atoms with van der Waals surface area (Å²) in [6, 6.07) is 22.3. The zero-order valence-corrected chi connectivity index (χ0v) is 21.0. The molecule has 3 heterocycles. The molecule has 2 aromatic heterocycles. The summed E-state index contributed by atoms with van der Waals surface area (Å²) in [6.07, 6.45) is 4.50. The smallest absolute Gasteiger partial charge is 0.413 e. The predicted octanol–water partition coefficient (Wildman–Crippen LogP) is 5.79. The zero-order valence-electron chi connectivity index (χ0n) is 21.0. The molecule has 1 unspecified atom stereocenters. The Labute approximate surface area is 216 Å². The summed E-state index contributed by atoms with van der Waals surface area (Å²) < 4.78 is 7.44. The highest BCUT2D eigenvalue weighted by Crippen LogP contribution is 2.31. The van der Waals surface area contributed by atoms with Crippen LogP contribution in [0.5, 0.6) is 0 Å². The normalized spacial score (nSPS) is 13.8. The van der Waals surface area contributed by atoms with Gasteiger partial charge in [0.1, 0.15) is 5.82 Å². The summed E-state index contributed by atoms with van der Waals surface area (Å²) in [6.45, 7) is 2.67. The molecule has 5 rings (SSSR count). The molecule has 2 aromatic carbocycles. The van der Waals surface area contributed by atoms with Gasteiger partial charge in [-0.1, -0.05) is 48.5 Å². The molecule has 0 saturated heterocycles. The lowest BCUT2D eigenvalue weighted by atomic mass is 10.0. The van der Waals surface area contributed by atoms with Gasteiger partial charge in [0.15, 0.2) is 0 Å². The summed E-state index contributed by atoms with van der Waals surface area (Å²) in [5, 5.41) is 10.7. The van der Waals surface area contributed by atoms with Gasteiger partial charge in [-0.05, 0) is 67.5 Å². The number of hydrogen-bond acceptors (Lipinski definition) is 4. The van der Waals surface area contributed by atoms with Crippen LogP contribution in [0.1, 0.15) is 48.2 Å². The third-order valence-corrected chi connectivity index (χ3v) is 7.02. The minimum atomic E-state index is -0.951. The summed E-state index contributed by atoms with van der Waals surface area (Å²) in [7, 11) is 0. The fourth-order valence-electron chi connectivity index (χ4n) is 5.24. The van der Waals surface area contributed by atoms with E-state index < -0.39 is 6.09 Å². The Morgan fingerprint density at radius 3 is 2.65 bits per heavy atom. The van der Waals surface area contributed by atoms with Crippen molar-refractivity contribution in [2.45, 2.75) is 45.1 Å². The van der Waals surface area contributed by atoms with Crippen LogP contribution >= 0.6 is 0 Å². The fourth-order valence-corrected chi connectivity index (χ4v) is 5.24. The van der Waals surface area contributed by atoms with Crippen molar-refractivity contribution in [2.24, 2.45) is 0 Å². The van der Waals surface area contributed by atoms with Crippen LogP contribution in [-0.2, 0) is 28.8 Å². The van der Waals surface area contributed by atoms with Crippen LogP contribution in [0, 0.1) is 0 Å². The number of pyridine rings is 1. The Kier molecular flexibility index (Phi) is 7.21. The molecule has 0 aliphatic carbocycles. The number of carboxylic acid groups (broad SMARTS) is 1. The molecule has 0 radical (unpaired) electrons. The van der Waals surface area contributed by atoms with E-state index in [-0.39, 0.29) is 18.4 Å². The number of benzene rings is 2. The van der Waals surface area contributed by atoms with Crippen molar-refractivity contribution in [3.63, 3.8) is 0 Å². The molecule has 7 nitrogen and oxygen atoms in total. The number of esters is 1. The highest BCUT2D eigenvalue weighted by atomic mass is 16.5. The maximum absolute atomic E-state index is 12.5. The molecule has 4 aromatic rings. The second-order valence-corrected chi connectivity index (χ2v) is 9.33. The lowest BCUT2D eigenvalue weighted by Gasteiger charge is -2.26. The van der Waals surface area contributed by atoms with Crippen molar-refractivity contribution < 1.29 is 19.4 Å². The maximum atomic E-state index is 12.5. The molecule has 1 aliphatic heterocycles. The average Bonchev–Trinajstić information content (AvgIpc) is 3.35. The molecule has 190 valence electrons. The molecule has 0 bridgehead atoms. The Bertz CT molecular complexity index is 1410. The first-order chi connectivity index (χ1) is 18.0. The first-order valence-corrected chi connectivity index (χ1v) is 12.8. The Hall–Kier alpha value is -4.13. The van der Waals surface area contributed by atoms with Crippen LogP contribution in [0.4, 0.5) is 10.6 Å². The number of ether oxygens (including phenoxy) is 1. The predicted molar refractivity (Wildman–Crippen MR) is 143 cm³/mol. The number of aromatic nitrogens is 2. The third kappa shape index (κ3) is 5.21. The van der Waals surface area contributed by atoms with E-state index in [1.54, 1.807) is 0 Å². The third-order valence-electron chi connectivity index (χ3n) is 7.02. The Morgan fingerprint density at radius 1 is 1.03 bits per heavy atom. The summed E-state index contributed by atoms with van der Waals surface area (Å²) >= 11 is 0. The van der Waals surface area contributed by atoms with Crippen molar-refractivity contribution in [1.82, 2.24) is 9.55 Å². The maximum Gasteiger partial charge on any atom is 0.413 e. The lowest BCUT2D eigenvalue weighted by molar-refractivity contribution is -0.143. The van der Waals surface area contributed by atoms with Gasteiger partial charge in [0.25, 0.3) is 0 Å². The largest absolute Gasteiger partial charge is 0.466 e. The molecule has 37 heavy (non-hydrogen) atoms. The van der Waals surface area contributed by atoms with Gasteiger partial charge in [0.2, 0.25) is 0 Å². The molecule has 0 saturated carbocycles. The van der Waals surface area contributed by atoms with Crippen molar-refractivity contribution in [3.05, 3.63) is 95.3 Å². The topological polar surface area (TPSA) is 84.7 Å². The lowest BCUT2D eigenvalue weighted by Crippen LogP contribution is -2.35. The number of aryl methyl sites for hydroxylation is 3. The van der Waals surface area contributed by atoms with Gasteiger partial charge in [-0.3, -0.25) is 9.69 Å². The van der Waals surface area contributed by atoms with E-state index in [1.165, 1.54) is 10.5 Å². The molecule has 1 aliphatic rings. The average molecular weight is 498 g/mol. The number of nitrogens with zero attached hydrogens (tertiary/aromatic N) is 3. The first kappa shape index (κ1) is 24.6. The van der Waals surface area contributed by atoms with Crippen LogP contribution in [0.3, 0.4) is 0 Å². The van der Waals surface area contributed by atoms with Gasteiger partial charge in [0.05, 0.1) is 19.1 Å². The number of hydrogen-bond donors (Lipinski definition) is 1. The summed E-state index contributed by atoms with van der Waals surface area (Å²) in [4.78, 5) is 30.2. The molecule has 0 fully saturated rings. The first-order valence-electron chi connectivity index (χ1n) is 12.8. The Morgan fingerprint density at radius 2 is 1.86 bits per heavy atom. The van der Waals surface area contributed by atoms with E-state index in [0.717, 1.165) is 47.0 Å². The van der Waals surface area contributed by atoms with E-state index in [9.17, 15) is 14.7 Å². The van der Waals surface area contributed by atoms with Gasteiger partial charge >= 0.3 is 12.1 Å². The minimum Gasteiger partial charge on any atom is -0.466 e. The van der Waals surface area contributed by atoms with Gasteiger partial charge in [-0.15, -0.1) is 0 Å². The van der Waals surface area contributed by atoms with Crippen molar-refractivity contribution in [3.8, 4) is 0 Å². The zero-order chi connectivity index (χ0) is 25.8. The molecular formula is C30H31N3O4. The number of anilines is 1. The fraction of sp³-hybridized carbons (Fsp3) is 0.300.